The van der Waals surface area contributed by atoms with Gasteiger partial charge in [0.05, 0.1) is 0 Å². The van der Waals surface area contributed by atoms with Crippen molar-refractivity contribution in [3.8, 4) is 11.4 Å². The van der Waals surface area contributed by atoms with Crippen LogP contribution >= 0.6 is 0 Å². The molecule has 1 unspecified atom stereocenters. The first-order valence-corrected chi connectivity index (χ1v) is 13.1. The van der Waals surface area contributed by atoms with Crippen molar-refractivity contribution in [3.05, 3.63) is 95.6 Å². The van der Waals surface area contributed by atoms with Gasteiger partial charge in [0, 0.05) is 29.6 Å². The van der Waals surface area contributed by atoms with E-state index in [1.807, 2.05) is 18.3 Å². The summed E-state index contributed by atoms with van der Waals surface area (Å²) in [5.41, 5.74) is 6.96. The quantitative estimate of drug-likeness (QED) is 0.380. The molecular formula is C31H33FN2. The van der Waals surface area contributed by atoms with E-state index in [1.165, 1.54) is 68.2 Å². The number of nitrogens with zero attached hydrogens (tertiary/aromatic N) is 2. The highest BCUT2D eigenvalue weighted by molar-refractivity contribution is 5.76. The fourth-order valence-corrected chi connectivity index (χ4v) is 6.58. The average Bonchev–Trinajstić information content (AvgIpc) is 3.67. The van der Waals surface area contributed by atoms with Crippen molar-refractivity contribution in [2.45, 2.75) is 63.7 Å². The molecule has 174 valence electrons. The molecule has 6 rings (SSSR count). The van der Waals surface area contributed by atoms with Gasteiger partial charge in [-0.25, -0.2) is 9.37 Å². The largest absolute Gasteiger partial charge is 0.300 e. The molecule has 0 aliphatic heterocycles. The Morgan fingerprint density at radius 1 is 0.794 bits per heavy atom. The second-order valence-corrected chi connectivity index (χ2v) is 10.3. The summed E-state index contributed by atoms with van der Waals surface area (Å²) in [5, 5.41) is 0. The summed E-state index contributed by atoms with van der Waals surface area (Å²) < 4.78 is 16.0. The number of benzene rings is 2. The Balaban J connectivity index is 1.52. The van der Waals surface area contributed by atoms with E-state index in [1.54, 1.807) is 17.7 Å². The second kappa shape index (κ2) is 9.37. The third kappa shape index (κ3) is 4.06. The number of hydrogen-bond acceptors (Lipinski definition) is 1. The molecule has 0 bridgehead atoms. The highest BCUT2D eigenvalue weighted by Crippen LogP contribution is 2.49. The van der Waals surface area contributed by atoms with E-state index in [0.29, 0.717) is 17.8 Å². The first kappa shape index (κ1) is 21.6. The van der Waals surface area contributed by atoms with Crippen LogP contribution in [0.2, 0.25) is 0 Å². The molecule has 3 aliphatic carbocycles. The van der Waals surface area contributed by atoms with E-state index < -0.39 is 0 Å². The zero-order chi connectivity index (χ0) is 22.9. The molecule has 1 heterocycles. The molecule has 34 heavy (non-hydrogen) atoms. The molecule has 0 saturated heterocycles. The van der Waals surface area contributed by atoms with Crippen LogP contribution in [0.25, 0.3) is 17.1 Å². The van der Waals surface area contributed by atoms with Crippen molar-refractivity contribution in [3.63, 3.8) is 0 Å². The second-order valence-electron chi connectivity index (χ2n) is 10.3. The Labute approximate surface area is 202 Å². The van der Waals surface area contributed by atoms with Crippen LogP contribution in [0.5, 0.6) is 0 Å². The van der Waals surface area contributed by atoms with E-state index >= 15 is 0 Å². The molecule has 0 spiro atoms. The lowest BCUT2D eigenvalue weighted by Gasteiger charge is -2.34. The minimum Gasteiger partial charge on any atom is -0.300 e. The Hall–Kier alpha value is -2.94. The Morgan fingerprint density at radius 2 is 1.47 bits per heavy atom. The SMILES string of the molecule is Fc1ccc(-c2nccn2C2=C(C3CCCC3)CC(c3ccccc3)C=C2C2CCCC2)cc1. The Kier molecular flexibility index (Phi) is 5.95. The minimum absolute atomic E-state index is 0.206. The van der Waals surface area contributed by atoms with Crippen molar-refractivity contribution < 1.29 is 4.39 Å². The summed E-state index contributed by atoms with van der Waals surface area (Å²) in [6.07, 6.45) is 18.1. The van der Waals surface area contributed by atoms with Crippen molar-refractivity contribution in [1.82, 2.24) is 9.55 Å². The van der Waals surface area contributed by atoms with Crippen LogP contribution in [0.3, 0.4) is 0 Å². The molecule has 1 atom stereocenters. The molecule has 2 aromatic carbocycles. The van der Waals surface area contributed by atoms with E-state index in [9.17, 15) is 4.39 Å². The van der Waals surface area contributed by atoms with Gasteiger partial charge in [0.2, 0.25) is 0 Å². The lowest BCUT2D eigenvalue weighted by Crippen LogP contribution is -2.20. The van der Waals surface area contributed by atoms with E-state index in [4.69, 9.17) is 4.98 Å². The molecule has 0 radical (unpaired) electrons. The molecule has 1 aromatic heterocycles. The first-order valence-electron chi connectivity index (χ1n) is 13.1. The number of rotatable bonds is 5. The maximum absolute atomic E-state index is 13.7. The van der Waals surface area contributed by atoms with E-state index in [0.717, 1.165) is 17.8 Å². The Morgan fingerprint density at radius 3 is 2.18 bits per heavy atom. The van der Waals surface area contributed by atoms with Crippen molar-refractivity contribution >= 4 is 5.70 Å². The van der Waals surface area contributed by atoms with E-state index in [-0.39, 0.29) is 5.82 Å². The maximum Gasteiger partial charge on any atom is 0.144 e. The van der Waals surface area contributed by atoms with Crippen LogP contribution in [0.15, 0.2) is 84.2 Å². The minimum atomic E-state index is -0.206. The standard InChI is InChI=1S/C31H33FN2/c32-27-16-14-25(15-17-27)31-33-18-19-34(31)30-28(23-10-4-5-11-23)20-26(22-8-2-1-3-9-22)21-29(30)24-12-6-7-13-24/h1-3,8-9,14-20,23-24,26H,4-7,10-13,21H2. The van der Waals surface area contributed by atoms with Crippen LogP contribution in [0, 0.1) is 17.7 Å². The molecule has 2 nitrogen and oxygen atoms in total. The number of allylic oxidation sites excluding steroid dienone is 4. The highest BCUT2D eigenvalue weighted by Gasteiger charge is 2.34. The molecule has 2 saturated carbocycles. The van der Waals surface area contributed by atoms with Gasteiger partial charge in [-0.05, 0) is 84.9 Å². The summed E-state index contributed by atoms with van der Waals surface area (Å²) >= 11 is 0. The fourth-order valence-electron chi connectivity index (χ4n) is 6.58. The monoisotopic (exact) mass is 452 g/mol. The summed E-state index contributed by atoms with van der Waals surface area (Å²) in [6, 6.07) is 17.9. The molecule has 2 fully saturated rings. The summed E-state index contributed by atoms with van der Waals surface area (Å²) in [5.74, 6) is 2.42. The van der Waals surface area contributed by atoms with Gasteiger partial charge in [-0.15, -0.1) is 0 Å². The number of hydrogen-bond donors (Lipinski definition) is 0. The van der Waals surface area contributed by atoms with E-state index in [2.05, 4.69) is 47.2 Å². The average molecular weight is 453 g/mol. The summed E-state index contributed by atoms with van der Waals surface area (Å²) in [4.78, 5) is 4.77. The first-order chi connectivity index (χ1) is 16.8. The third-order valence-electron chi connectivity index (χ3n) is 8.25. The normalized spacial score (nSPS) is 21.9. The fraction of sp³-hybridized carbons (Fsp3) is 0.387. The lowest BCUT2D eigenvalue weighted by atomic mass is 9.75. The molecule has 3 aromatic rings. The highest BCUT2D eigenvalue weighted by atomic mass is 19.1. The molecule has 0 amide bonds. The molecule has 3 heteroatoms. The molecule has 0 N–H and O–H groups in total. The molecular weight excluding hydrogens is 419 g/mol. The zero-order valence-corrected chi connectivity index (χ0v) is 19.8. The number of aromatic nitrogens is 2. The number of halogens is 1. The van der Waals surface area contributed by atoms with Gasteiger partial charge in [0.1, 0.15) is 11.6 Å². The van der Waals surface area contributed by atoms with Crippen molar-refractivity contribution in [2.24, 2.45) is 11.8 Å². The predicted molar refractivity (Wildman–Crippen MR) is 137 cm³/mol. The van der Waals surface area contributed by atoms with Gasteiger partial charge < -0.3 is 0 Å². The van der Waals surface area contributed by atoms with Crippen molar-refractivity contribution in [2.75, 3.05) is 0 Å². The van der Waals surface area contributed by atoms with Gasteiger partial charge in [0.15, 0.2) is 0 Å². The van der Waals surface area contributed by atoms with Gasteiger partial charge in [0.25, 0.3) is 0 Å². The van der Waals surface area contributed by atoms with Crippen molar-refractivity contribution in [1.29, 1.82) is 0 Å². The van der Waals surface area contributed by atoms with Gasteiger partial charge in [-0.1, -0.05) is 62.1 Å². The predicted octanol–water partition coefficient (Wildman–Crippen LogP) is 8.39. The van der Waals surface area contributed by atoms with Crippen LogP contribution in [0.1, 0.15) is 69.3 Å². The molecule has 3 aliphatic rings. The zero-order valence-electron chi connectivity index (χ0n) is 19.8. The summed E-state index contributed by atoms with van der Waals surface area (Å²) in [7, 11) is 0. The van der Waals surface area contributed by atoms with Crippen LogP contribution in [-0.4, -0.2) is 9.55 Å². The lowest BCUT2D eigenvalue weighted by molar-refractivity contribution is 0.570. The Bertz CT molecular complexity index is 1190. The van der Waals surface area contributed by atoms with Gasteiger partial charge in [-0.2, -0.15) is 0 Å². The smallest absolute Gasteiger partial charge is 0.144 e. The number of imidazole rings is 1. The van der Waals surface area contributed by atoms with Crippen LogP contribution < -0.4 is 0 Å². The summed E-state index contributed by atoms with van der Waals surface area (Å²) in [6.45, 7) is 0. The van der Waals surface area contributed by atoms with Crippen LogP contribution in [-0.2, 0) is 0 Å². The maximum atomic E-state index is 13.7. The topological polar surface area (TPSA) is 17.8 Å². The van der Waals surface area contributed by atoms with Crippen LogP contribution in [0.4, 0.5) is 4.39 Å². The third-order valence-corrected chi connectivity index (χ3v) is 8.25. The van der Waals surface area contributed by atoms with Gasteiger partial charge >= 0.3 is 0 Å². The van der Waals surface area contributed by atoms with Gasteiger partial charge in [-0.3, -0.25) is 4.57 Å².